The summed E-state index contributed by atoms with van der Waals surface area (Å²) in [5.41, 5.74) is 5.78. The predicted molar refractivity (Wildman–Crippen MR) is 113 cm³/mol. The number of hydrogen-bond donors (Lipinski definition) is 1. The molecule has 3 rings (SSSR count). The first-order valence-corrected chi connectivity index (χ1v) is 10.9. The van der Waals surface area contributed by atoms with Crippen LogP contribution in [0.25, 0.3) is 0 Å². The average molecular weight is 409 g/mol. The van der Waals surface area contributed by atoms with Gasteiger partial charge in [-0.15, -0.1) is 11.3 Å². The summed E-state index contributed by atoms with van der Waals surface area (Å²) < 4.78 is 5.56. The number of amides is 1. The van der Waals surface area contributed by atoms with Crippen LogP contribution in [0.4, 0.5) is 9.93 Å². The van der Waals surface area contributed by atoms with Gasteiger partial charge in [-0.2, -0.15) is 0 Å². The van der Waals surface area contributed by atoms with Crippen molar-refractivity contribution in [2.75, 3.05) is 44.2 Å². The highest BCUT2D eigenvalue weighted by atomic mass is 32.1. The molecular weight excluding hydrogens is 376 g/mol. The van der Waals surface area contributed by atoms with E-state index < -0.39 is 5.60 Å². The normalized spacial score (nSPS) is 21.8. The standard InChI is InChI=1S/C19H32N6O2S/c1-19(2,3)27-18(26)25-8-5-4-6-15(25)14-22-16(20)23-9-11-24(12-10-23)17-21-7-13-28-17/h7,13,15H,4-6,8-12,14H2,1-3H3,(H2,20,22). The summed E-state index contributed by atoms with van der Waals surface area (Å²) in [7, 11) is 0. The summed E-state index contributed by atoms with van der Waals surface area (Å²) in [5.74, 6) is 0.563. The van der Waals surface area contributed by atoms with Crippen molar-refractivity contribution < 1.29 is 9.53 Å². The zero-order chi connectivity index (χ0) is 20.1. The highest BCUT2D eigenvalue weighted by Gasteiger charge is 2.30. The summed E-state index contributed by atoms with van der Waals surface area (Å²) in [5, 5.41) is 3.06. The molecule has 0 saturated carbocycles. The zero-order valence-corrected chi connectivity index (χ0v) is 18.0. The molecule has 1 atom stereocenters. The number of ether oxygens (including phenoxy) is 1. The third kappa shape index (κ3) is 5.50. The number of carbonyl (C=O) groups excluding carboxylic acids is 1. The molecule has 1 aromatic heterocycles. The summed E-state index contributed by atoms with van der Waals surface area (Å²) in [6, 6.07) is 0.0544. The molecule has 2 aliphatic heterocycles. The van der Waals surface area contributed by atoms with Gasteiger partial charge in [0.15, 0.2) is 11.1 Å². The smallest absolute Gasteiger partial charge is 0.410 e. The number of aromatic nitrogens is 1. The molecule has 0 radical (unpaired) electrons. The minimum Gasteiger partial charge on any atom is -0.444 e. The summed E-state index contributed by atoms with van der Waals surface area (Å²) in [6.07, 6.45) is 4.64. The van der Waals surface area contributed by atoms with Gasteiger partial charge in [0, 0.05) is 44.3 Å². The van der Waals surface area contributed by atoms with E-state index in [9.17, 15) is 4.79 Å². The summed E-state index contributed by atoms with van der Waals surface area (Å²) >= 11 is 1.66. The van der Waals surface area contributed by atoms with Crippen molar-refractivity contribution >= 4 is 28.5 Å². The van der Waals surface area contributed by atoms with Crippen molar-refractivity contribution in [3.63, 3.8) is 0 Å². The number of anilines is 1. The third-order valence-electron chi connectivity index (χ3n) is 5.01. The van der Waals surface area contributed by atoms with Crippen LogP contribution in [0.1, 0.15) is 40.0 Å². The molecule has 0 bridgehead atoms. The number of likely N-dealkylation sites (tertiary alicyclic amines) is 1. The molecule has 1 unspecified atom stereocenters. The first-order valence-electron chi connectivity index (χ1n) is 10.0. The molecule has 0 aliphatic carbocycles. The first-order chi connectivity index (χ1) is 13.3. The van der Waals surface area contributed by atoms with Crippen molar-refractivity contribution in [3.8, 4) is 0 Å². The second-order valence-corrected chi connectivity index (χ2v) is 9.18. The minimum absolute atomic E-state index is 0.0544. The third-order valence-corrected chi connectivity index (χ3v) is 5.84. The van der Waals surface area contributed by atoms with Crippen LogP contribution in [0.2, 0.25) is 0 Å². The van der Waals surface area contributed by atoms with E-state index in [1.165, 1.54) is 0 Å². The monoisotopic (exact) mass is 408 g/mol. The fourth-order valence-electron chi connectivity index (χ4n) is 3.55. The number of aliphatic imine (C=N–C) groups is 1. The van der Waals surface area contributed by atoms with Crippen molar-refractivity contribution in [1.82, 2.24) is 14.8 Å². The van der Waals surface area contributed by atoms with E-state index in [0.717, 1.165) is 57.1 Å². The van der Waals surface area contributed by atoms with Crippen LogP contribution >= 0.6 is 11.3 Å². The molecule has 156 valence electrons. The molecule has 2 fully saturated rings. The van der Waals surface area contributed by atoms with Gasteiger partial charge in [-0.25, -0.2) is 9.78 Å². The molecule has 1 amide bonds. The van der Waals surface area contributed by atoms with Crippen molar-refractivity contribution in [2.24, 2.45) is 10.7 Å². The van der Waals surface area contributed by atoms with Gasteiger partial charge in [-0.05, 0) is 40.0 Å². The molecule has 28 heavy (non-hydrogen) atoms. The van der Waals surface area contributed by atoms with Gasteiger partial charge >= 0.3 is 6.09 Å². The Morgan fingerprint density at radius 1 is 1.29 bits per heavy atom. The van der Waals surface area contributed by atoms with Crippen LogP contribution in [0.3, 0.4) is 0 Å². The molecule has 0 spiro atoms. The Hall–Kier alpha value is -2.03. The lowest BCUT2D eigenvalue weighted by atomic mass is 10.0. The zero-order valence-electron chi connectivity index (χ0n) is 17.1. The van der Waals surface area contributed by atoms with Crippen LogP contribution in [0.5, 0.6) is 0 Å². The Kier molecular flexibility index (Phi) is 6.64. The number of guanidine groups is 1. The maximum atomic E-state index is 12.5. The maximum Gasteiger partial charge on any atom is 0.410 e. The number of nitrogens with two attached hydrogens (primary N) is 1. The molecule has 2 N–H and O–H groups in total. The van der Waals surface area contributed by atoms with Crippen LogP contribution in [0.15, 0.2) is 16.6 Å². The average Bonchev–Trinajstić information content (AvgIpc) is 3.20. The summed E-state index contributed by atoms with van der Waals surface area (Å²) in [4.78, 5) is 27.7. The summed E-state index contributed by atoms with van der Waals surface area (Å²) in [6.45, 7) is 10.4. The van der Waals surface area contributed by atoms with Gasteiger partial charge in [0.05, 0.1) is 12.6 Å². The molecule has 1 aromatic rings. The van der Waals surface area contributed by atoms with Gasteiger partial charge in [0.2, 0.25) is 0 Å². The van der Waals surface area contributed by atoms with Gasteiger partial charge in [-0.3, -0.25) is 4.99 Å². The lowest BCUT2D eigenvalue weighted by molar-refractivity contribution is 0.0109. The van der Waals surface area contributed by atoms with Crippen LogP contribution in [-0.2, 0) is 4.74 Å². The second kappa shape index (κ2) is 8.98. The largest absolute Gasteiger partial charge is 0.444 e. The quantitative estimate of drug-likeness (QED) is 0.610. The number of hydrogen-bond acceptors (Lipinski definition) is 6. The Morgan fingerprint density at radius 3 is 2.68 bits per heavy atom. The van der Waals surface area contributed by atoms with Crippen LogP contribution in [0, 0.1) is 0 Å². The van der Waals surface area contributed by atoms with Gasteiger partial charge in [-0.1, -0.05) is 0 Å². The van der Waals surface area contributed by atoms with E-state index in [1.54, 1.807) is 11.3 Å². The Labute approximate surface area is 171 Å². The molecule has 2 aliphatic rings. The van der Waals surface area contributed by atoms with Crippen LogP contribution < -0.4 is 10.6 Å². The molecule has 0 aromatic carbocycles. The van der Waals surface area contributed by atoms with Gasteiger partial charge < -0.3 is 25.2 Å². The Bertz CT molecular complexity index is 664. The molecule has 8 nitrogen and oxygen atoms in total. The second-order valence-electron chi connectivity index (χ2n) is 8.31. The van der Waals surface area contributed by atoms with E-state index >= 15 is 0 Å². The number of thiazole rings is 1. The topological polar surface area (TPSA) is 87.3 Å². The molecule has 9 heteroatoms. The number of nitrogens with zero attached hydrogens (tertiary/aromatic N) is 5. The van der Waals surface area contributed by atoms with E-state index in [-0.39, 0.29) is 12.1 Å². The Balaban J connectivity index is 1.53. The highest BCUT2D eigenvalue weighted by molar-refractivity contribution is 7.13. The molecular formula is C19H32N6O2S. The van der Waals surface area contributed by atoms with Gasteiger partial charge in [0.25, 0.3) is 0 Å². The van der Waals surface area contributed by atoms with Gasteiger partial charge in [0.1, 0.15) is 5.60 Å². The van der Waals surface area contributed by atoms with E-state index in [1.807, 2.05) is 37.2 Å². The maximum absolute atomic E-state index is 12.5. The molecule has 3 heterocycles. The van der Waals surface area contributed by atoms with E-state index in [4.69, 9.17) is 10.5 Å². The fraction of sp³-hybridized carbons (Fsp3) is 0.737. The number of piperazine rings is 1. The van der Waals surface area contributed by atoms with Crippen molar-refractivity contribution in [1.29, 1.82) is 0 Å². The lowest BCUT2D eigenvalue weighted by Crippen LogP contribution is -2.52. The Morgan fingerprint density at radius 2 is 2.04 bits per heavy atom. The molecule has 2 saturated heterocycles. The van der Waals surface area contributed by atoms with Crippen LogP contribution in [-0.4, -0.2) is 77.7 Å². The van der Waals surface area contributed by atoms with E-state index in [2.05, 4.69) is 19.8 Å². The lowest BCUT2D eigenvalue weighted by Gasteiger charge is -2.37. The van der Waals surface area contributed by atoms with Crippen molar-refractivity contribution in [3.05, 3.63) is 11.6 Å². The van der Waals surface area contributed by atoms with Crippen molar-refractivity contribution in [2.45, 2.75) is 51.7 Å². The minimum atomic E-state index is -0.488. The number of piperidine rings is 1. The number of carbonyl (C=O) groups is 1. The number of rotatable bonds is 3. The highest BCUT2D eigenvalue weighted by Crippen LogP contribution is 2.21. The predicted octanol–water partition coefficient (Wildman–Crippen LogP) is 2.37. The van der Waals surface area contributed by atoms with E-state index in [0.29, 0.717) is 12.5 Å². The fourth-order valence-corrected chi connectivity index (χ4v) is 4.25. The first kappa shape index (κ1) is 20.7. The SMILES string of the molecule is CC(C)(C)OC(=O)N1CCCCC1CN=C(N)N1CCN(c2nccs2)CC1.